The minimum atomic E-state index is 0.687. The molecule has 0 rings (SSSR count). The molecule has 0 aromatic rings. The van der Waals surface area contributed by atoms with Crippen molar-refractivity contribution in [2.24, 2.45) is 0 Å². The highest BCUT2D eigenvalue weighted by molar-refractivity contribution is 8.17. The number of hydrogen-bond acceptors (Lipinski definition) is 3. The molecule has 0 saturated carbocycles. The molecule has 0 fully saturated rings. The van der Waals surface area contributed by atoms with Crippen molar-refractivity contribution in [3.63, 3.8) is 0 Å². The van der Waals surface area contributed by atoms with Crippen LogP contribution in [0, 0.1) is 0 Å². The maximum absolute atomic E-state index is 3.91. The molecule has 0 aromatic heterocycles. The van der Waals surface area contributed by atoms with Crippen molar-refractivity contribution in [2.75, 3.05) is 23.0 Å². The Morgan fingerprint density at radius 3 is 2.13 bits per heavy atom. The highest BCUT2D eigenvalue weighted by Crippen LogP contribution is 2.25. The lowest BCUT2D eigenvalue weighted by molar-refractivity contribution is 1.36. The van der Waals surface area contributed by atoms with Crippen molar-refractivity contribution < 1.29 is 0 Å². The maximum Gasteiger partial charge on any atom is 0.0477 e. The van der Waals surface area contributed by atoms with Gasteiger partial charge in [-0.1, -0.05) is 24.3 Å². The molecule has 0 bridgehead atoms. The highest BCUT2D eigenvalue weighted by Gasteiger charge is 2.02. The molecule has 0 radical (unpaired) electrons. The van der Waals surface area contributed by atoms with Gasteiger partial charge in [0.25, 0.3) is 0 Å². The molecule has 3 heteroatoms. The molecule has 1 atom stereocenters. The van der Waals surface area contributed by atoms with Crippen LogP contribution in [0.2, 0.25) is 0 Å². The highest BCUT2D eigenvalue weighted by atomic mass is 32.2. The summed E-state index contributed by atoms with van der Waals surface area (Å²) in [6.07, 6.45) is 0. The predicted molar refractivity (Wildman–Crippen MR) is 81.3 cm³/mol. The smallest absolute Gasteiger partial charge is 0.0477 e. The normalized spacial score (nSPS) is 12.5. The molecule has 0 N–H and O–H groups in total. The first-order valence-electron chi connectivity index (χ1n) is 5.12. The summed E-state index contributed by atoms with van der Waals surface area (Å²) in [6, 6.07) is 0. The van der Waals surface area contributed by atoms with Gasteiger partial charge in [-0.2, -0.15) is 11.8 Å². The lowest BCUT2D eigenvalue weighted by Crippen LogP contribution is -1.96. The van der Waals surface area contributed by atoms with E-state index in [0.717, 1.165) is 11.5 Å². The summed E-state index contributed by atoms with van der Waals surface area (Å²) >= 11 is 6.01. The summed E-state index contributed by atoms with van der Waals surface area (Å²) in [5.41, 5.74) is 2.54. The second-order valence-corrected chi connectivity index (χ2v) is 7.90. The Morgan fingerprint density at radius 1 is 1.00 bits per heavy atom. The molecular weight excluding hydrogens is 240 g/mol. The molecule has 0 nitrogen and oxygen atoms in total. The van der Waals surface area contributed by atoms with Gasteiger partial charge in [-0.15, -0.1) is 23.5 Å². The van der Waals surface area contributed by atoms with Crippen LogP contribution >= 0.6 is 35.3 Å². The summed E-state index contributed by atoms with van der Waals surface area (Å²) in [5, 5.41) is 0. The average Bonchev–Trinajstić information content (AvgIpc) is 2.13. The van der Waals surface area contributed by atoms with Gasteiger partial charge < -0.3 is 0 Å². The minimum absolute atomic E-state index is 0.687. The second kappa shape index (κ2) is 9.73. The minimum Gasteiger partial charge on any atom is -0.157 e. The van der Waals surface area contributed by atoms with Crippen LogP contribution in [0.5, 0.6) is 0 Å². The fraction of sp³-hybridized carbons (Fsp3) is 0.667. The van der Waals surface area contributed by atoms with Crippen molar-refractivity contribution in [1.82, 2.24) is 0 Å². The predicted octanol–water partition coefficient (Wildman–Crippen LogP) is 4.68. The molecule has 0 aliphatic heterocycles. The van der Waals surface area contributed by atoms with Gasteiger partial charge in [-0.25, -0.2) is 0 Å². The first-order chi connectivity index (χ1) is 7.02. The van der Waals surface area contributed by atoms with Crippen molar-refractivity contribution in [1.29, 1.82) is 0 Å². The molecule has 1 unspecified atom stereocenters. The Labute approximate surface area is 108 Å². The zero-order chi connectivity index (χ0) is 11.7. The van der Waals surface area contributed by atoms with Crippen molar-refractivity contribution >= 4 is 35.3 Å². The Hall–Kier alpha value is 0.530. The van der Waals surface area contributed by atoms with Crippen LogP contribution in [0.1, 0.15) is 20.8 Å². The second-order valence-electron chi connectivity index (χ2n) is 3.72. The Balaban J connectivity index is 3.27. The lowest BCUT2D eigenvalue weighted by atomic mass is 10.4. The monoisotopic (exact) mass is 262 g/mol. The van der Waals surface area contributed by atoms with Crippen LogP contribution in [0.4, 0.5) is 0 Å². The van der Waals surface area contributed by atoms with Crippen LogP contribution in [-0.4, -0.2) is 27.6 Å². The third-order valence-electron chi connectivity index (χ3n) is 1.49. The molecule has 0 spiro atoms. The Morgan fingerprint density at radius 2 is 1.60 bits per heavy atom. The van der Waals surface area contributed by atoms with E-state index < -0.39 is 0 Å². The van der Waals surface area contributed by atoms with E-state index in [1.54, 1.807) is 0 Å². The van der Waals surface area contributed by atoms with E-state index in [9.17, 15) is 0 Å². The van der Waals surface area contributed by atoms with Crippen LogP contribution in [0.3, 0.4) is 0 Å². The SMILES string of the molecule is C=C(C)CSCCSC(C)SCC(=C)C. The molecule has 0 aromatic carbocycles. The lowest BCUT2D eigenvalue weighted by Gasteiger charge is -2.10. The number of thioether (sulfide) groups is 3. The number of hydrogen-bond donors (Lipinski definition) is 0. The first-order valence-corrected chi connectivity index (χ1v) is 8.37. The van der Waals surface area contributed by atoms with Gasteiger partial charge >= 0.3 is 0 Å². The number of rotatable bonds is 9. The molecule has 0 aliphatic carbocycles. The van der Waals surface area contributed by atoms with Gasteiger partial charge in [-0.05, 0) is 20.8 Å². The molecule has 0 amide bonds. The Kier molecular flexibility index (Phi) is 10.1. The summed E-state index contributed by atoms with van der Waals surface area (Å²) in [4.78, 5) is 0. The standard InChI is InChI=1S/C12H22S3/c1-10(2)8-13-6-7-14-12(5)15-9-11(3)4/h12H,1,3,6-9H2,2,4-5H3. The van der Waals surface area contributed by atoms with Gasteiger partial charge in [0.1, 0.15) is 0 Å². The van der Waals surface area contributed by atoms with Crippen LogP contribution < -0.4 is 0 Å². The largest absolute Gasteiger partial charge is 0.157 e. The van der Waals surface area contributed by atoms with Crippen molar-refractivity contribution in [2.45, 2.75) is 25.4 Å². The van der Waals surface area contributed by atoms with Gasteiger partial charge in [-0.3, -0.25) is 0 Å². The van der Waals surface area contributed by atoms with Gasteiger partial charge in [0, 0.05) is 27.6 Å². The Bertz CT molecular complexity index is 199. The molecule has 0 aliphatic rings. The van der Waals surface area contributed by atoms with E-state index in [0.29, 0.717) is 4.58 Å². The topological polar surface area (TPSA) is 0 Å². The van der Waals surface area contributed by atoms with E-state index in [4.69, 9.17) is 0 Å². The van der Waals surface area contributed by atoms with Gasteiger partial charge in [0.2, 0.25) is 0 Å². The molecule has 0 heterocycles. The zero-order valence-electron chi connectivity index (χ0n) is 10.0. The van der Waals surface area contributed by atoms with E-state index in [1.165, 1.54) is 22.7 Å². The van der Waals surface area contributed by atoms with Crippen LogP contribution in [0.25, 0.3) is 0 Å². The average molecular weight is 263 g/mol. The molecular formula is C12H22S3. The van der Waals surface area contributed by atoms with E-state index in [1.807, 2.05) is 35.3 Å². The van der Waals surface area contributed by atoms with Crippen molar-refractivity contribution in [3.05, 3.63) is 24.3 Å². The van der Waals surface area contributed by atoms with E-state index >= 15 is 0 Å². The first kappa shape index (κ1) is 15.5. The third-order valence-corrected chi connectivity index (χ3v) is 5.80. The molecule has 88 valence electrons. The van der Waals surface area contributed by atoms with Crippen LogP contribution in [0.15, 0.2) is 24.3 Å². The quantitative estimate of drug-likeness (QED) is 0.336. The van der Waals surface area contributed by atoms with Gasteiger partial charge in [0.05, 0.1) is 0 Å². The summed E-state index contributed by atoms with van der Waals surface area (Å²) < 4.78 is 0.687. The molecule has 0 saturated heterocycles. The van der Waals surface area contributed by atoms with Gasteiger partial charge in [0.15, 0.2) is 0 Å². The maximum atomic E-state index is 3.91. The third kappa shape index (κ3) is 12.5. The summed E-state index contributed by atoms with van der Waals surface area (Å²) in [5.74, 6) is 4.67. The van der Waals surface area contributed by atoms with Crippen LogP contribution in [-0.2, 0) is 0 Å². The van der Waals surface area contributed by atoms with E-state index in [2.05, 4.69) is 33.9 Å². The molecule has 15 heavy (non-hydrogen) atoms. The fourth-order valence-electron chi connectivity index (χ4n) is 0.827. The van der Waals surface area contributed by atoms with E-state index in [-0.39, 0.29) is 0 Å². The zero-order valence-corrected chi connectivity index (χ0v) is 12.5. The summed E-state index contributed by atoms with van der Waals surface area (Å²) in [6.45, 7) is 14.3. The summed E-state index contributed by atoms with van der Waals surface area (Å²) in [7, 11) is 0. The fourth-order valence-corrected chi connectivity index (χ4v) is 3.91. The van der Waals surface area contributed by atoms with Crippen molar-refractivity contribution in [3.8, 4) is 0 Å².